The molecule has 1 saturated heterocycles. The number of rotatable bonds is 2. The van der Waals surface area contributed by atoms with Crippen LogP contribution in [-0.2, 0) is 0 Å². The molecule has 14 heavy (non-hydrogen) atoms. The Hall–Kier alpha value is -0.640. The molecule has 2 heterocycles. The van der Waals surface area contributed by atoms with Gasteiger partial charge >= 0.3 is 0 Å². The maximum absolute atomic E-state index is 4.27. The van der Waals surface area contributed by atoms with E-state index in [0.717, 1.165) is 30.3 Å². The van der Waals surface area contributed by atoms with E-state index < -0.39 is 0 Å². The zero-order valence-corrected chi connectivity index (χ0v) is 9.65. The Balaban J connectivity index is 2.04. The molecule has 1 unspecified atom stereocenters. The fourth-order valence-corrected chi connectivity index (χ4v) is 2.36. The Labute approximate surface area is 92.7 Å². The van der Waals surface area contributed by atoms with Crippen LogP contribution in [-0.4, -0.2) is 28.4 Å². The van der Waals surface area contributed by atoms with E-state index in [1.165, 1.54) is 12.8 Å². The fourth-order valence-electron chi connectivity index (χ4n) is 1.83. The Morgan fingerprint density at radius 1 is 1.43 bits per heavy atom. The zero-order valence-electron chi connectivity index (χ0n) is 8.06. The maximum atomic E-state index is 4.27. The van der Waals surface area contributed by atoms with Crippen LogP contribution in [0.3, 0.4) is 0 Å². The molecule has 0 radical (unpaired) electrons. The van der Waals surface area contributed by atoms with Crippen LogP contribution in [0.2, 0.25) is 0 Å². The molecule has 0 amide bonds. The second kappa shape index (κ2) is 4.73. The van der Waals surface area contributed by atoms with E-state index >= 15 is 0 Å². The summed E-state index contributed by atoms with van der Waals surface area (Å²) in [5, 5.41) is 1.08. The van der Waals surface area contributed by atoms with Gasteiger partial charge in [-0.3, -0.25) is 0 Å². The number of hydrogen-bond donors (Lipinski definition) is 0. The first-order chi connectivity index (χ1) is 6.90. The van der Waals surface area contributed by atoms with Crippen LogP contribution in [0.4, 0.5) is 5.95 Å². The van der Waals surface area contributed by atoms with Gasteiger partial charge in [0.25, 0.3) is 0 Å². The molecule has 0 N–H and O–H groups in total. The number of aromatic nitrogens is 2. The van der Waals surface area contributed by atoms with Crippen molar-refractivity contribution in [2.24, 2.45) is 5.92 Å². The van der Waals surface area contributed by atoms with Gasteiger partial charge in [-0.2, -0.15) is 0 Å². The van der Waals surface area contributed by atoms with Crippen molar-refractivity contribution in [3.63, 3.8) is 0 Å². The lowest BCUT2D eigenvalue weighted by Crippen LogP contribution is -2.37. The lowest BCUT2D eigenvalue weighted by molar-refractivity contribution is 0.450. The predicted octanol–water partition coefficient (Wildman–Crippen LogP) is 2.09. The van der Waals surface area contributed by atoms with Crippen molar-refractivity contribution in [3.8, 4) is 0 Å². The first-order valence-corrected chi connectivity index (χ1v) is 6.10. The van der Waals surface area contributed by atoms with Gasteiger partial charge < -0.3 is 4.90 Å². The molecule has 1 aliphatic heterocycles. The first-order valence-electron chi connectivity index (χ1n) is 4.98. The number of anilines is 1. The summed E-state index contributed by atoms with van der Waals surface area (Å²) in [6.45, 7) is 2.17. The molecular formula is C10H14BrN3. The van der Waals surface area contributed by atoms with Gasteiger partial charge in [0.15, 0.2) is 0 Å². The number of nitrogens with zero attached hydrogens (tertiary/aromatic N) is 3. The van der Waals surface area contributed by atoms with E-state index in [4.69, 9.17) is 0 Å². The van der Waals surface area contributed by atoms with Crippen molar-refractivity contribution < 1.29 is 0 Å². The summed E-state index contributed by atoms with van der Waals surface area (Å²) >= 11 is 3.54. The highest BCUT2D eigenvalue weighted by molar-refractivity contribution is 9.09. The quantitative estimate of drug-likeness (QED) is 0.759. The highest BCUT2D eigenvalue weighted by Crippen LogP contribution is 2.20. The van der Waals surface area contributed by atoms with Gasteiger partial charge in [0.05, 0.1) is 0 Å². The van der Waals surface area contributed by atoms with Crippen molar-refractivity contribution >= 4 is 21.9 Å². The fraction of sp³-hybridized carbons (Fsp3) is 0.600. The summed E-state index contributed by atoms with van der Waals surface area (Å²) in [7, 11) is 0. The van der Waals surface area contributed by atoms with Crippen LogP contribution >= 0.6 is 15.9 Å². The van der Waals surface area contributed by atoms with Crippen molar-refractivity contribution in [2.75, 3.05) is 23.3 Å². The summed E-state index contributed by atoms with van der Waals surface area (Å²) in [6.07, 6.45) is 6.17. The van der Waals surface area contributed by atoms with Crippen LogP contribution in [0.15, 0.2) is 18.5 Å². The molecule has 4 heteroatoms. The average molecular weight is 256 g/mol. The standard InChI is InChI=1S/C10H14BrN3/c11-7-9-3-1-6-14(8-9)10-12-4-2-5-13-10/h2,4-5,9H,1,3,6-8H2. The normalized spacial score (nSPS) is 22.4. The monoisotopic (exact) mass is 255 g/mol. The second-order valence-corrected chi connectivity index (χ2v) is 4.30. The minimum absolute atomic E-state index is 0.743. The van der Waals surface area contributed by atoms with E-state index in [0.29, 0.717) is 0 Å². The minimum atomic E-state index is 0.743. The SMILES string of the molecule is BrCC1CCCN(c2ncccn2)C1. The van der Waals surface area contributed by atoms with Gasteiger partial charge in [0, 0.05) is 30.8 Å². The van der Waals surface area contributed by atoms with Crippen LogP contribution in [0.1, 0.15) is 12.8 Å². The zero-order chi connectivity index (χ0) is 9.80. The summed E-state index contributed by atoms with van der Waals surface area (Å²) in [4.78, 5) is 10.8. The molecule has 0 saturated carbocycles. The predicted molar refractivity (Wildman–Crippen MR) is 60.8 cm³/mol. The number of hydrogen-bond acceptors (Lipinski definition) is 3. The lowest BCUT2D eigenvalue weighted by Gasteiger charge is -2.31. The molecule has 0 spiro atoms. The Bertz CT molecular complexity index is 278. The third kappa shape index (κ3) is 2.23. The minimum Gasteiger partial charge on any atom is -0.341 e. The number of piperidine rings is 1. The third-order valence-electron chi connectivity index (χ3n) is 2.57. The average Bonchev–Trinajstić information content (AvgIpc) is 2.30. The molecule has 0 aliphatic carbocycles. The largest absolute Gasteiger partial charge is 0.341 e. The Kier molecular flexibility index (Phi) is 3.35. The number of alkyl halides is 1. The molecule has 3 nitrogen and oxygen atoms in total. The second-order valence-electron chi connectivity index (χ2n) is 3.66. The molecule has 1 atom stereocenters. The van der Waals surface area contributed by atoms with Gasteiger partial charge in [-0.25, -0.2) is 9.97 Å². The molecule has 1 aliphatic rings. The van der Waals surface area contributed by atoms with Gasteiger partial charge in [-0.1, -0.05) is 15.9 Å². The van der Waals surface area contributed by atoms with Crippen molar-refractivity contribution in [3.05, 3.63) is 18.5 Å². The maximum Gasteiger partial charge on any atom is 0.225 e. The van der Waals surface area contributed by atoms with E-state index in [9.17, 15) is 0 Å². The van der Waals surface area contributed by atoms with Crippen molar-refractivity contribution in [2.45, 2.75) is 12.8 Å². The molecule has 1 aromatic heterocycles. The highest BCUT2D eigenvalue weighted by atomic mass is 79.9. The summed E-state index contributed by atoms with van der Waals surface area (Å²) in [5.41, 5.74) is 0. The Morgan fingerprint density at radius 2 is 2.21 bits per heavy atom. The van der Waals surface area contributed by atoms with Gasteiger partial charge in [0.2, 0.25) is 5.95 Å². The van der Waals surface area contributed by atoms with E-state index in [-0.39, 0.29) is 0 Å². The third-order valence-corrected chi connectivity index (χ3v) is 3.49. The summed E-state index contributed by atoms with van der Waals surface area (Å²) in [5.74, 6) is 1.62. The van der Waals surface area contributed by atoms with Crippen molar-refractivity contribution in [1.29, 1.82) is 0 Å². The van der Waals surface area contributed by atoms with Crippen LogP contribution < -0.4 is 4.90 Å². The van der Waals surface area contributed by atoms with Crippen molar-refractivity contribution in [1.82, 2.24) is 9.97 Å². The molecule has 1 aromatic rings. The highest BCUT2D eigenvalue weighted by Gasteiger charge is 2.20. The number of halogens is 1. The molecule has 2 rings (SSSR count). The topological polar surface area (TPSA) is 29.0 Å². The van der Waals surface area contributed by atoms with E-state index in [1.807, 2.05) is 6.07 Å². The molecule has 0 aromatic carbocycles. The van der Waals surface area contributed by atoms with E-state index in [2.05, 4.69) is 30.8 Å². The van der Waals surface area contributed by atoms with Crippen LogP contribution in [0.5, 0.6) is 0 Å². The van der Waals surface area contributed by atoms with E-state index in [1.54, 1.807) is 12.4 Å². The molecule has 0 bridgehead atoms. The summed E-state index contributed by atoms with van der Waals surface area (Å²) < 4.78 is 0. The first kappa shape index (κ1) is 9.90. The molecular weight excluding hydrogens is 242 g/mol. The van der Waals surface area contributed by atoms with Gasteiger partial charge in [-0.05, 0) is 24.8 Å². The lowest BCUT2D eigenvalue weighted by atomic mass is 10.0. The molecule has 1 fully saturated rings. The van der Waals surface area contributed by atoms with Crippen LogP contribution in [0.25, 0.3) is 0 Å². The van der Waals surface area contributed by atoms with Gasteiger partial charge in [0.1, 0.15) is 0 Å². The smallest absolute Gasteiger partial charge is 0.225 e. The summed E-state index contributed by atoms with van der Waals surface area (Å²) in [6, 6.07) is 1.86. The molecule has 76 valence electrons. The Morgan fingerprint density at radius 3 is 2.93 bits per heavy atom. The van der Waals surface area contributed by atoms with Crippen LogP contribution in [0, 0.1) is 5.92 Å². The van der Waals surface area contributed by atoms with Gasteiger partial charge in [-0.15, -0.1) is 0 Å².